The van der Waals surface area contributed by atoms with Crippen LogP contribution in [0.2, 0.25) is 0 Å². The summed E-state index contributed by atoms with van der Waals surface area (Å²) < 4.78 is 0. The minimum absolute atomic E-state index is 0. The fourth-order valence-electron chi connectivity index (χ4n) is 2.31. The second kappa shape index (κ2) is 9.45. The van der Waals surface area contributed by atoms with E-state index in [2.05, 4.69) is 24.1 Å². The van der Waals surface area contributed by atoms with Crippen LogP contribution in [0.4, 0.5) is 5.69 Å². The first-order chi connectivity index (χ1) is 11.4. The number of nitrogens with zero attached hydrogens (tertiary/aromatic N) is 2. The summed E-state index contributed by atoms with van der Waals surface area (Å²) >= 11 is 1.27. The van der Waals surface area contributed by atoms with Gasteiger partial charge in [0.25, 0.3) is 11.6 Å². The van der Waals surface area contributed by atoms with E-state index in [4.69, 9.17) is 5.73 Å². The molecular formula is C16H21ClN4O3S. The van der Waals surface area contributed by atoms with Crippen LogP contribution < -0.4 is 11.1 Å². The van der Waals surface area contributed by atoms with Crippen molar-refractivity contribution in [3.05, 3.63) is 45.5 Å². The minimum Gasteiger partial charge on any atom is -0.347 e. The van der Waals surface area contributed by atoms with Crippen LogP contribution in [0.3, 0.4) is 0 Å². The van der Waals surface area contributed by atoms with E-state index >= 15 is 0 Å². The summed E-state index contributed by atoms with van der Waals surface area (Å²) in [4.78, 5) is 27.0. The SMILES string of the molecule is CC(C)CC(CN)NC(=O)c1csc(-c2cccc([N+](=O)[O-])c2)n1.Cl. The number of aromatic nitrogens is 1. The highest BCUT2D eigenvalue weighted by Crippen LogP contribution is 2.26. The zero-order chi connectivity index (χ0) is 17.7. The maximum absolute atomic E-state index is 12.3. The van der Waals surface area contributed by atoms with Gasteiger partial charge in [-0.05, 0) is 12.3 Å². The van der Waals surface area contributed by atoms with E-state index in [1.54, 1.807) is 17.5 Å². The average Bonchev–Trinajstić information content (AvgIpc) is 3.04. The van der Waals surface area contributed by atoms with Crippen LogP contribution in [0.5, 0.6) is 0 Å². The van der Waals surface area contributed by atoms with E-state index in [0.29, 0.717) is 28.7 Å². The maximum Gasteiger partial charge on any atom is 0.271 e. The number of amides is 1. The van der Waals surface area contributed by atoms with E-state index in [-0.39, 0.29) is 30.0 Å². The Labute approximate surface area is 156 Å². The summed E-state index contributed by atoms with van der Waals surface area (Å²) in [6.45, 7) is 4.50. The van der Waals surface area contributed by atoms with Crippen LogP contribution in [0, 0.1) is 16.0 Å². The van der Waals surface area contributed by atoms with Gasteiger partial charge in [0.1, 0.15) is 10.7 Å². The zero-order valence-electron chi connectivity index (χ0n) is 14.0. The van der Waals surface area contributed by atoms with Crippen molar-refractivity contribution in [2.24, 2.45) is 11.7 Å². The highest BCUT2D eigenvalue weighted by molar-refractivity contribution is 7.13. The van der Waals surface area contributed by atoms with Crippen molar-refractivity contribution in [2.45, 2.75) is 26.3 Å². The molecule has 3 N–H and O–H groups in total. The number of rotatable bonds is 7. The topological polar surface area (TPSA) is 111 Å². The molecule has 0 spiro atoms. The van der Waals surface area contributed by atoms with Gasteiger partial charge < -0.3 is 11.1 Å². The summed E-state index contributed by atoms with van der Waals surface area (Å²) in [6.07, 6.45) is 0.796. The third kappa shape index (κ3) is 5.77. The normalized spacial score (nSPS) is 11.7. The summed E-state index contributed by atoms with van der Waals surface area (Å²) in [6, 6.07) is 6.10. The van der Waals surface area contributed by atoms with Crippen LogP contribution in [-0.2, 0) is 0 Å². The number of thiazole rings is 1. The van der Waals surface area contributed by atoms with E-state index in [1.807, 2.05) is 0 Å². The number of benzene rings is 1. The van der Waals surface area contributed by atoms with E-state index in [0.717, 1.165) is 6.42 Å². The van der Waals surface area contributed by atoms with Crippen molar-refractivity contribution < 1.29 is 9.72 Å². The van der Waals surface area contributed by atoms with Crippen molar-refractivity contribution in [2.75, 3.05) is 6.54 Å². The van der Waals surface area contributed by atoms with Gasteiger partial charge >= 0.3 is 0 Å². The molecule has 1 aromatic carbocycles. The smallest absolute Gasteiger partial charge is 0.271 e. The first kappa shape index (κ1) is 21.0. The molecule has 2 aromatic rings. The molecule has 1 atom stereocenters. The van der Waals surface area contributed by atoms with Gasteiger partial charge in [0.15, 0.2) is 0 Å². The Hall–Kier alpha value is -2.03. The molecule has 0 fully saturated rings. The first-order valence-electron chi connectivity index (χ1n) is 7.62. The number of nitro groups is 1. The number of carbonyl (C=O) groups is 1. The quantitative estimate of drug-likeness (QED) is 0.562. The summed E-state index contributed by atoms with van der Waals surface area (Å²) in [7, 11) is 0. The van der Waals surface area contributed by atoms with Gasteiger partial charge in [0.05, 0.1) is 4.92 Å². The Morgan fingerprint density at radius 1 is 1.44 bits per heavy atom. The second-order valence-electron chi connectivity index (χ2n) is 5.88. The van der Waals surface area contributed by atoms with Crippen LogP contribution >= 0.6 is 23.7 Å². The van der Waals surface area contributed by atoms with Gasteiger partial charge in [-0.15, -0.1) is 23.7 Å². The molecule has 2 rings (SSSR count). The molecule has 1 aromatic heterocycles. The Kier molecular flexibility index (Phi) is 7.95. The Morgan fingerprint density at radius 2 is 2.16 bits per heavy atom. The van der Waals surface area contributed by atoms with Crippen molar-refractivity contribution >= 4 is 35.3 Å². The molecule has 0 radical (unpaired) electrons. The number of nitro benzene ring substituents is 1. The molecule has 1 unspecified atom stereocenters. The van der Waals surface area contributed by atoms with Gasteiger partial charge in [-0.3, -0.25) is 14.9 Å². The van der Waals surface area contributed by atoms with Gasteiger partial charge in [-0.1, -0.05) is 26.0 Å². The Bertz CT molecular complexity index is 736. The maximum atomic E-state index is 12.3. The van der Waals surface area contributed by atoms with E-state index in [9.17, 15) is 14.9 Å². The fourth-order valence-corrected chi connectivity index (χ4v) is 3.10. The summed E-state index contributed by atoms with van der Waals surface area (Å²) in [5.41, 5.74) is 6.60. The summed E-state index contributed by atoms with van der Waals surface area (Å²) in [5, 5.41) is 15.9. The predicted octanol–water partition coefficient (Wildman–Crippen LogP) is 3.24. The van der Waals surface area contributed by atoms with Crippen molar-refractivity contribution in [1.82, 2.24) is 10.3 Å². The lowest BCUT2D eigenvalue weighted by Gasteiger charge is -2.18. The minimum atomic E-state index is -0.456. The Morgan fingerprint density at radius 3 is 2.76 bits per heavy atom. The molecule has 0 bridgehead atoms. The second-order valence-corrected chi connectivity index (χ2v) is 6.74. The van der Waals surface area contributed by atoms with Crippen LogP contribution in [0.15, 0.2) is 29.6 Å². The molecule has 0 saturated heterocycles. The third-order valence-electron chi connectivity index (χ3n) is 3.42. The lowest BCUT2D eigenvalue weighted by Crippen LogP contribution is -2.41. The molecule has 9 heteroatoms. The molecule has 1 amide bonds. The molecule has 0 aliphatic rings. The number of non-ortho nitro benzene ring substituents is 1. The molecular weight excluding hydrogens is 364 g/mol. The number of hydrogen-bond donors (Lipinski definition) is 2. The fraction of sp³-hybridized carbons (Fsp3) is 0.375. The van der Waals surface area contributed by atoms with Crippen molar-refractivity contribution in [3.8, 4) is 10.6 Å². The molecule has 0 aliphatic heterocycles. The molecule has 7 nitrogen and oxygen atoms in total. The van der Waals surface area contributed by atoms with Gasteiger partial charge in [-0.2, -0.15) is 0 Å². The number of carbonyl (C=O) groups excluding carboxylic acids is 1. The van der Waals surface area contributed by atoms with Gasteiger partial charge in [0.2, 0.25) is 0 Å². The van der Waals surface area contributed by atoms with Crippen molar-refractivity contribution in [3.63, 3.8) is 0 Å². The lowest BCUT2D eigenvalue weighted by atomic mass is 10.0. The van der Waals surface area contributed by atoms with E-state index < -0.39 is 4.92 Å². The predicted molar refractivity (Wildman–Crippen MR) is 101 cm³/mol. The van der Waals surface area contributed by atoms with Crippen LogP contribution in [-0.4, -0.2) is 28.4 Å². The number of hydrogen-bond acceptors (Lipinski definition) is 6. The number of halogens is 1. The first-order valence-corrected chi connectivity index (χ1v) is 8.50. The van der Waals surface area contributed by atoms with E-state index in [1.165, 1.54) is 23.5 Å². The Balaban J connectivity index is 0.00000312. The lowest BCUT2D eigenvalue weighted by molar-refractivity contribution is -0.384. The molecule has 136 valence electrons. The average molecular weight is 385 g/mol. The highest BCUT2D eigenvalue weighted by atomic mass is 35.5. The van der Waals surface area contributed by atoms with Gasteiger partial charge in [-0.25, -0.2) is 4.98 Å². The number of nitrogens with two attached hydrogens (primary N) is 1. The molecule has 0 aliphatic carbocycles. The van der Waals surface area contributed by atoms with Crippen molar-refractivity contribution in [1.29, 1.82) is 0 Å². The van der Waals surface area contributed by atoms with Crippen LogP contribution in [0.1, 0.15) is 30.8 Å². The highest BCUT2D eigenvalue weighted by Gasteiger charge is 2.17. The van der Waals surface area contributed by atoms with Crippen LogP contribution in [0.25, 0.3) is 10.6 Å². The standard InChI is InChI=1S/C16H20N4O3S.ClH/c1-10(2)6-12(8-17)18-15(21)14-9-24-16(19-14)11-4-3-5-13(7-11)20(22)23;/h3-5,7,9-10,12H,6,8,17H2,1-2H3,(H,18,21);1H. The number of nitrogens with one attached hydrogen (secondary N) is 1. The molecule has 0 saturated carbocycles. The monoisotopic (exact) mass is 384 g/mol. The largest absolute Gasteiger partial charge is 0.347 e. The molecule has 1 heterocycles. The molecule has 25 heavy (non-hydrogen) atoms. The third-order valence-corrected chi connectivity index (χ3v) is 4.31. The zero-order valence-corrected chi connectivity index (χ0v) is 15.6. The summed E-state index contributed by atoms with van der Waals surface area (Å²) in [5.74, 6) is 0.147. The van der Waals surface area contributed by atoms with Gasteiger partial charge in [0, 0.05) is 35.7 Å².